The zero-order valence-corrected chi connectivity index (χ0v) is 24.3. The van der Waals surface area contributed by atoms with Crippen molar-refractivity contribution in [3.63, 3.8) is 0 Å². The van der Waals surface area contributed by atoms with Crippen LogP contribution in [-0.4, -0.2) is 72.7 Å². The highest BCUT2D eigenvalue weighted by molar-refractivity contribution is 5.97. The minimum atomic E-state index is -0.698. The molecule has 0 radical (unpaired) electrons. The summed E-state index contributed by atoms with van der Waals surface area (Å²) in [6, 6.07) is 13.0. The summed E-state index contributed by atoms with van der Waals surface area (Å²) in [4.78, 5) is 28.2. The molecule has 1 aromatic carbocycles. The number of pyridine rings is 1. The number of hydrogen-bond acceptors (Lipinski definition) is 7. The second kappa shape index (κ2) is 12.3. The van der Waals surface area contributed by atoms with Gasteiger partial charge < -0.3 is 14.2 Å². The lowest BCUT2D eigenvalue weighted by molar-refractivity contribution is 0.0472. The van der Waals surface area contributed by atoms with Crippen molar-refractivity contribution in [3.05, 3.63) is 90.3 Å². The maximum atomic E-state index is 13.8. The topological polar surface area (TPSA) is 90.4 Å². The Morgan fingerprint density at radius 2 is 1.75 bits per heavy atom. The molecule has 11 heteroatoms. The van der Waals surface area contributed by atoms with Crippen molar-refractivity contribution in [2.45, 2.75) is 38.1 Å². The van der Waals surface area contributed by atoms with Gasteiger partial charge in [0, 0.05) is 62.3 Å². The average molecular weight is 598 g/mol. The van der Waals surface area contributed by atoms with E-state index in [-0.39, 0.29) is 29.6 Å². The Bertz CT molecular complexity index is 1770. The van der Waals surface area contributed by atoms with Gasteiger partial charge in [-0.05, 0) is 74.1 Å². The molecule has 5 aromatic rings. The molecule has 9 nitrogen and oxygen atoms in total. The first-order valence-electron chi connectivity index (χ1n) is 15.1. The van der Waals surface area contributed by atoms with Crippen molar-refractivity contribution in [2.24, 2.45) is 5.92 Å². The van der Waals surface area contributed by atoms with Crippen molar-refractivity contribution in [1.29, 1.82) is 0 Å². The standard InChI is InChI=1S/C33H33F2N7O2/c34-25-3-1-23(2-4-25)32-33(41(21-37-32)27-8-13-40(14-9-27)19-22-10-15-44-16-11-22)28-5-6-31-38-26(20-42(31)39-28)18-29(43)24-7-12-36-30(35)17-24/h1-7,12,17,20-22,27H,8-11,13-16,18-19H2. The third-order valence-corrected chi connectivity index (χ3v) is 8.72. The molecule has 0 spiro atoms. The summed E-state index contributed by atoms with van der Waals surface area (Å²) in [5.41, 5.74) is 4.46. The second-order valence-corrected chi connectivity index (χ2v) is 11.7. The third kappa shape index (κ3) is 6.02. The number of aromatic nitrogens is 6. The van der Waals surface area contributed by atoms with Crippen LogP contribution in [0.3, 0.4) is 0 Å². The summed E-state index contributed by atoms with van der Waals surface area (Å²) in [5, 5.41) is 4.90. The monoisotopic (exact) mass is 597 g/mol. The molecule has 2 aliphatic rings. The van der Waals surface area contributed by atoms with Crippen molar-refractivity contribution < 1.29 is 18.3 Å². The number of piperidine rings is 1. The van der Waals surface area contributed by atoms with Crippen molar-refractivity contribution in [2.75, 3.05) is 32.8 Å². The van der Waals surface area contributed by atoms with E-state index in [9.17, 15) is 13.6 Å². The van der Waals surface area contributed by atoms with Crippen LogP contribution in [0.5, 0.6) is 0 Å². The van der Waals surface area contributed by atoms with Crippen LogP contribution in [0.25, 0.3) is 28.3 Å². The van der Waals surface area contributed by atoms with Crippen molar-refractivity contribution >= 4 is 11.4 Å². The highest BCUT2D eigenvalue weighted by atomic mass is 19.1. The van der Waals surface area contributed by atoms with Crippen LogP contribution in [-0.2, 0) is 11.2 Å². The predicted molar refractivity (Wildman–Crippen MR) is 160 cm³/mol. The van der Waals surface area contributed by atoms with Gasteiger partial charge in [-0.25, -0.2) is 23.9 Å². The molecule has 0 bridgehead atoms. The van der Waals surface area contributed by atoms with Gasteiger partial charge in [0.1, 0.15) is 11.5 Å². The van der Waals surface area contributed by atoms with E-state index in [1.807, 2.05) is 18.5 Å². The zero-order valence-electron chi connectivity index (χ0n) is 24.3. The van der Waals surface area contributed by atoms with Gasteiger partial charge in [0.15, 0.2) is 11.4 Å². The number of hydrogen-bond donors (Lipinski definition) is 0. The summed E-state index contributed by atoms with van der Waals surface area (Å²) in [6.07, 6.45) is 9.13. The van der Waals surface area contributed by atoms with Crippen LogP contribution in [0.15, 0.2) is 67.3 Å². The van der Waals surface area contributed by atoms with Crippen LogP contribution in [0.1, 0.15) is 47.8 Å². The van der Waals surface area contributed by atoms with E-state index in [2.05, 4.69) is 19.4 Å². The van der Waals surface area contributed by atoms with Crippen LogP contribution in [0, 0.1) is 17.7 Å². The maximum Gasteiger partial charge on any atom is 0.213 e. The summed E-state index contributed by atoms with van der Waals surface area (Å²) in [7, 11) is 0. The fourth-order valence-electron chi connectivity index (χ4n) is 6.37. The number of fused-ring (bicyclic) bond motifs is 1. The first-order valence-corrected chi connectivity index (χ1v) is 15.1. The van der Waals surface area contributed by atoms with E-state index in [0.717, 1.165) is 81.5 Å². The number of rotatable bonds is 8. The lowest BCUT2D eigenvalue weighted by Crippen LogP contribution is -2.39. The van der Waals surface area contributed by atoms with E-state index in [4.69, 9.17) is 14.8 Å². The van der Waals surface area contributed by atoms with Gasteiger partial charge in [0.2, 0.25) is 5.95 Å². The average Bonchev–Trinajstić information content (AvgIpc) is 3.66. The number of likely N-dealkylation sites (tertiary alicyclic amines) is 1. The Morgan fingerprint density at radius 1 is 0.955 bits per heavy atom. The molecule has 226 valence electrons. The molecule has 0 unspecified atom stereocenters. The molecular formula is C33H33F2N7O2. The Balaban J connectivity index is 1.17. The van der Waals surface area contributed by atoms with E-state index in [1.54, 1.807) is 22.8 Å². The summed E-state index contributed by atoms with van der Waals surface area (Å²) >= 11 is 0. The molecule has 44 heavy (non-hydrogen) atoms. The number of ketones is 1. The van der Waals surface area contributed by atoms with Crippen molar-refractivity contribution in [1.82, 2.24) is 34.0 Å². The van der Waals surface area contributed by atoms with Crippen LogP contribution >= 0.6 is 0 Å². The number of carbonyl (C=O) groups excluding carboxylic acids is 1. The first kappa shape index (κ1) is 28.4. The fraction of sp³-hybridized carbons (Fsp3) is 0.364. The molecule has 0 amide bonds. The second-order valence-electron chi connectivity index (χ2n) is 11.7. The summed E-state index contributed by atoms with van der Waals surface area (Å²) < 4.78 is 36.8. The van der Waals surface area contributed by atoms with Gasteiger partial charge in [-0.15, -0.1) is 0 Å². The summed E-state index contributed by atoms with van der Waals surface area (Å²) in [6.45, 7) is 4.87. The van der Waals surface area contributed by atoms with Gasteiger partial charge in [-0.1, -0.05) is 0 Å². The van der Waals surface area contributed by atoms with Gasteiger partial charge in [-0.2, -0.15) is 9.49 Å². The number of halogens is 2. The lowest BCUT2D eigenvalue weighted by Gasteiger charge is -2.36. The largest absolute Gasteiger partial charge is 0.381 e. The predicted octanol–water partition coefficient (Wildman–Crippen LogP) is 5.42. The van der Waals surface area contributed by atoms with E-state index in [1.165, 1.54) is 24.4 Å². The third-order valence-electron chi connectivity index (χ3n) is 8.72. The number of carbonyl (C=O) groups is 1. The molecule has 0 atom stereocenters. The number of imidazole rings is 2. The quantitative estimate of drug-likeness (QED) is 0.174. The fourth-order valence-corrected chi connectivity index (χ4v) is 6.37. The minimum absolute atomic E-state index is 0.00731. The van der Waals surface area contributed by atoms with Gasteiger partial charge >= 0.3 is 0 Å². The molecule has 4 aromatic heterocycles. The normalized spacial score (nSPS) is 17.0. The molecule has 6 heterocycles. The molecule has 0 aliphatic carbocycles. The zero-order chi connectivity index (χ0) is 30.0. The Kier molecular flexibility index (Phi) is 7.97. The number of nitrogens with zero attached hydrogens (tertiary/aromatic N) is 7. The van der Waals surface area contributed by atoms with Gasteiger partial charge in [0.05, 0.1) is 36.0 Å². The number of benzene rings is 1. The van der Waals surface area contributed by atoms with Crippen LogP contribution < -0.4 is 0 Å². The number of ether oxygens (including phenoxy) is 1. The maximum absolute atomic E-state index is 13.8. The van der Waals surface area contributed by atoms with Crippen LogP contribution in [0.4, 0.5) is 8.78 Å². The Morgan fingerprint density at radius 3 is 2.52 bits per heavy atom. The van der Waals surface area contributed by atoms with Gasteiger partial charge in [0.25, 0.3) is 0 Å². The molecular weight excluding hydrogens is 564 g/mol. The molecule has 2 saturated heterocycles. The lowest BCUT2D eigenvalue weighted by atomic mass is 9.97. The molecule has 7 rings (SSSR count). The molecule has 2 aliphatic heterocycles. The molecule has 2 fully saturated rings. The number of Topliss-reactive ketones (excluding diaryl/α,β-unsaturated/α-hetero) is 1. The SMILES string of the molecule is O=C(Cc1cn2nc(-c3c(-c4ccc(F)cc4)ncn3C3CCN(CC4CCOCC4)CC3)ccc2n1)c1ccnc(F)c1. The Labute approximate surface area is 253 Å². The molecule has 0 N–H and O–H groups in total. The van der Waals surface area contributed by atoms with Crippen molar-refractivity contribution in [3.8, 4) is 22.6 Å². The smallest absolute Gasteiger partial charge is 0.213 e. The van der Waals surface area contributed by atoms with E-state index < -0.39 is 5.95 Å². The van der Waals surface area contributed by atoms with E-state index in [0.29, 0.717) is 23.0 Å². The van der Waals surface area contributed by atoms with Gasteiger partial charge in [-0.3, -0.25) is 4.79 Å². The van der Waals surface area contributed by atoms with E-state index >= 15 is 0 Å². The highest BCUT2D eigenvalue weighted by Gasteiger charge is 2.27. The molecule has 0 saturated carbocycles. The summed E-state index contributed by atoms with van der Waals surface area (Å²) in [5.74, 6) is -0.557. The Hall–Kier alpha value is -4.35. The highest BCUT2D eigenvalue weighted by Crippen LogP contribution is 2.36. The first-order chi connectivity index (χ1) is 21.5. The minimum Gasteiger partial charge on any atom is -0.381 e. The van der Waals surface area contributed by atoms with Crippen LogP contribution in [0.2, 0.25) is 0 Å².